The topological polar surface area (TPSA) is 15.3 Å². The SMILES string of the molecule is CC1(C)C(CNCCCN2CCCC2)C1(C)C. The maximum Gasteiger partial charge on any atom is -0.000664 e. The van der Waals surface area contributed by atoms with Gasteiger partial charge in [-0.2, -0.15) is 0 Å². The summed E-state index contributed by atoms with van der Waals surface area (Å²) in [5.74, 6) is 0.863. The summed E-state index contributed by atoms with van der Waals surface area (Å²) < 4.78 is 0. The van der Waals surface area contributed by atoms with Crippen LogP contribution in [0, 0.1) is 16.7 Å². The molecule has 0 unspecified atom stereocenters. The van der Waals surface area contributed by atoms with Gasteiger partial charge in [0.25, 0.3) is 0 Å². The molecule has 0 bridgehead atoms. The fraction of sp³-hybridized carbons (Fsp3) is 1.00. The van der Waals surface area contributed by atoms with E-state index in [9.17, 15) is 0 Å². The summed E-state index contributed by atoms with van der Waals surface area (Å²) in [6.07, 6.45) is 4.14. The average Bonchev–Trinajstić information content (AvgIpc) is 2.65. The molecule has 0 radical (unpaired) electrons. The molecule has 2 heteroatoms. The molecular formula is C15H30N2. The van der Waals surface area contributed by atoms with Crippen LogP contribution in [0.1, 0.15) is 47.0 Å². The summed E-state index contributed by atoms with van der Waals surface area (Å²) in [6.45, 7) is 16.0. The van der Waals surface area contributed by atoms with Gasteiger partial charge in [-0.05, 0) is 68.7 Å². The molecule has 2 rings (SSSR count). The molecule has 0 aromatic heterocycles. The quantitative estimate of drug-likeness (QED) is 0.716. The van der Waals surface area contributed by atoms with Crippen LogP contribution >= 0.6 is 0 Å². The van der Waals surface area contributed by atoms with Gasteiger partial charge < -0.3 is 10.2 Å². The Hall–Kier alpha value is -0.0800. The average molecular weight is 238 g/mol. The van der Waals surface area contributed by atoms with Crippen molar-refractivity contribution in [3.8, 4) is 0 Å². The van der Waals surface area contributed by atoms with E-state index in [1.807, 2.05) is 0 Å². The second-order valence-corrected chi connectivity index (χ2v) is 7.10. The van der Waals surface area contributed by atoms with Crippen molar-refractivity contribution in [3.63, 3.8) is 0 Å². The van der Waals surface area contributed by atoms with Crippen molar-refractivity contribution < 1.29 is 0 Å². The number of hydrogen-bond donors (Lipinski definition) is 1. The lowest BCUT2D eigenvalue weighted by Crippen LogP contribution is -2.26. The van der Waals surface area contributed by atoms with Crippen LogP contribution < -0.4 is 5.32 Å². The molecule has 2 nitrogen and oxygen atoms in total. The maximum absolute atomic E-state index is 3.66. The predicted molar refractivity (Wildman–Crippen MR) is 74.2 cm³/mol. The monoisotopic (exact) mass is 238 g/mol. The molecule has 1 saturated carbocycles. The van der Waals surface area contributed by atoms with Gasteiger partial charge in [0.2, 0.25) is 0 Å². The first kappa shape index (κ1) is 13.4. The molecule has 2 fully saturated rings. The third kappa shape index (κ3) is 2.68. The smallest absolute Gasteiger partial charge is 0.000664 e. The van der Waals surface area contributed by atoms with E-state index >= 15 is 0 Å². The van der Waals surface area contributed by atoms with E-state index in [4.69, 9.17) is 0 Å². The Morgan fingerprint density at radius 2 is 1.65 bits per heavy atom. The van der Waals surface area contributed by atoms with Crippen LogP contribution in [-0.4, -0.2) is 37.6 Å². The van der Waals surface area contributed by atoms with Gasteiger partial charge in [0.05, 0.1) is 0 Å². The number of rotatable bonds is 6. The molecule has 0 amide bonds. The molecule has 1 heterocycles. The van der Waals surface area contributed by atoms with E-state index in [1.54, 1.807) is 0 Å². The van der Waals surface area contributed by atoms with E-state index < -0.39 is 0 Å². The Balaban J connectivity index is 1.52. The van der Waals surface area contributed by atoms with Gasteiger partial charge in [-0.15, -0.1) is 0 Å². The number of likely N-dealkylation sites (tertiary alicyclic amines) is 1. The van der Waals surface area contributed by atoms with Crippen LogP contribution in [0.15, 0.2) is 0 Å². The Morgan fingerprint density at radius 3 is 2.18 bits per heavy atom. The van der Waals surface area contributed by atoms with Crippen molar-refractivity contribution >= 4 is 0 Å². The Morgan fingerprint density at radius 1 is 1.06 bits per heavy atom. The first-order valence-electron chi connectivity index (χ1n) is 7.39. The van der Waals surface area contributed by atoms with Crippen LogP contribution in [0.25, 0.3) is 0 Å². The van der Waals surface area contributed by atoms with Crippen LogP contribution in [-0.2, 0) is 0 Å². The molecule has 17 heavy (non-hydrogen) atoms. The molecule has 0 aromatic carbocycles. The molecule has 0 spiro atoms. The van der Waals surface area contributed by atoms with Crippen molar-refractivity contribution in [1.29, 1.82) is 0 Å². The molecule has 100 valence electrons. The molecule has 1 saturated heterocycles. The lowest BCUT2D eigenvalue weighted by atomic mass is 10.0. The van der Waals surface area contributed by atoms with Gasteiger partial charge in [0, 0.05) is 0 Å². The van der Waals surface area contributed by atoms with Crippen LogP contribution in [0.4, 0.5) is 0 Å². The lowest BCUT2D eigenvalue weighted by molar-refractivity contribution is 0.330. The first-order chi connectivity index (χ1) is 7.96. The summed E-state index contributed by atoms with van der Waals surface area (Å²) >= 11 is 0. The zero-order chi connectivity index (χ0) is 12.5. The van der Waals surface area contributed by atoms with Gasteiger partial charge in [0.1, 0.15) is 0 Å². The zero-order valence-corrected chi connectivity index (χ0v) is 12.2. The number of nitrogens with one attached hydrogen (secondary N) is 1. The van der Waals surface area contributed by atoms with Gasteiger partial charge in [-0.1, -0.05) is 27.7 Å². The minimum Gasteiger partial charge on any atom is -0.316 e. The Kier molecular flexibility index (Phi) is 3.84. The van der Waals surface area contributed by atoms with E-state index in [2.05, 4.69) is 37.9 Å². The highest BCUT2D eigenvalue weighted by molar-refractivity contribution is 5.12. The molecule has 1 N–H and O–H groups in total. The van der Waals surface area contributed by atoms with E-state index in [0.717, 1.165) is 5.92 Å². The number of nitrogens with zero attached hydrogens (tertiary/aromatic N) is 1. The third-order valence-electron chi connectivity index (χ3n) is 5.69. The van der Waals surface area contributed by atoms with Gasteiger partial charge in [-0.3, -0.25) is 0 Å². The highest BCUT2D eigenvalue weighted by Gasteiger charge is 2.63. The molecule has 2 aliphatic rings. The van der Waals surface area contributed by atoms with Crippen molar-refractivity contribution in [2.45, 2.75) is 47.0 Å². The Bertz CT molecular complexity index is 238. The summed E-state index contributed by atoms with van der Waals surface area (Å²) in [4.78, 5) is 2.60. The highest BCUT2D eigenvalue weighted by Crippen LogP contribution is 2.67. The third-order valence-corrected chi connectivity index (χ3v) is 5.69. The van der Waals surface area contributed by atoms with E-state index in [1.165, 1.54) is 52.0 Å². The molecule has 0 aromatic rings. The van der Waals surface area contributed by atoms with E-state index in [0.29, 0.717) is 10.8 Å². The molecular weight excluding hydrogens is 208 g/mol. The maximum atomic E-state index is 3.66. The summed E-state index contributed by atoms with van der Waals surface area (Å²) in [6, 6.07) is 0. The standard InChI is InChI=1S/C15H30N2/c1-14(2)13(15(14,3)4)12-16-8-7-11-17-9-5-6-10-17/h13,16H,5-12H2,1-4H3. The molecule has 1 aliphatic carbocycles. The van der Waals surface area contributed by atoms with Crippen molar-refractivity contribution in [2.75, 3.05) is 32.7 Å². The normalized spacial score (nSPS) is 27.5. The van der Waals surface area contributed by atoms with Gasteiger partial charge >= 0.3 is 0 Å². The molecule has 0 atom stereocenters. The number of hydrogen-bond acceptors (Lipinski definition) is 2. The van der Waals surface area contributed by atoms with Crippen molar-refractivity contribution in [1.82, 2.24) is 10.2 Å². The zero-order valence-electron chi connectivity index (χ0n) is 12.2. The molecule has 1 aliphatic heterocycles. The first-order valence-corrected chi connectivity index (χ1v) is 7.39. The summed E-state index contributed by atoms with van der Waals surface area (Å²) in [5, 5.41) is 3.66. The lowest BCUT2D eigenvalue weighted by Gasteiger charge is -2.14. The fourth-order valence-corrected chi connectivity index (χ4v) is 3.52. The second-order valence-electron chi connectivity index (χ2n) is 7.10. The Labute approximate surface area is 107 Å². The van der Waals surface area contributed by atoms with Crippen molar-refractivity contribution in [3.05, 3.63) is 0 Å². The largest absolute Gasteiger partial charge is 0.316 e. The van der Waals surface area contributed by atoms with Crippen LogP contribution in [0.3, 0.4) is 0 Å². The minimum atomic E-state index is 0.537. The highest BCUT2D eigenvalue weighted by atomic mass is 15.1. The van der Waals surface area contributed by atoms with Crippen LogP contribution in [0.2, 0.25) is 0 Å². The summed E-state index contributed by atoms with van der Waals surface area (Å²) in [7, 11) is 0. The fourth-order valence-electron chi connectivity index (χ4n) is 3.52. The van der Waals surface area contributed by atoms with Crippen LogP contribution in [0.5, 0.6) is 0 Å². The van der Waals surface area contributed by atoms with E-state index in [-0.39, 0.29) is 0 Å². The summed E-state index contributed by atoms with van der Waals surface area (Å²) in [5.41, 5.74) is 1.07. The van der Waals surface area contributed by atoms with Gasteiger partial charge in [0.15, 0.2) is 0 Å². The predicted octanol–water partition coefficient (Wildman–Crippen LogP) is 2.74. The minimum absolute atomic E-state index is 0.537. The second kappa shape index (κ2) is 4.89. The van der Waals surface area contributed by atoms with Gasteiger partial charge in [-0.25, -0.2) is 0 Å². The van der Waals surface area contributed by atoms with Crippen molar-refractivity contribution in [2.24, 2.45) is 16.7 Å².